The molecule has 4 aromatic rings. The van der Waals surface area contributed by atoms with Crippen molar-refractivity contribution < 1.29 is 31.9 Å². The Kier molecular flexibility index (Phi) is 9.33. The number of nitrogens with two attached hydrogens (primary N) is 1. The number of hydrogen-bond donors (Lipinski definition) is 3. The first-order chi connectivity index (χ1) is 22.3. The molecule has 2 heterocycles. The van der Waals surface area contributed by atoms with Crippen molar-refractivity contribution in [2.45, 2.75) is 31.1 Å². The highest BCUT2D eigenvalue weighted by Gasteiger charge is 2.47. The lowest BCUT2D eigenvalue weighted by molar-refractivity contribution is -0.137. The predicted octanol–water partition coefficient (Wildman–Crippen LogP) is 4.60. The monoisotopic (exact) mass is 651 g/mol. The Morgan fingerprint density at radius 2 is 1.70 bits per heavy atom. The Bertz CT molecular complexity index is 1780. The molecule has 5 rings (SSSR count). The first-order valence-corrected chi connectivity index (χ1v) is 14.7. The smallest absolute Gasteiger partial charge is 0.352 e. The molecular formula is C33H33F4N7O3. The van der Waals surface area contributed by atoms with Crippen molar-refractivity contribution in [3.63, 3.8) is 0 Å². The molecular weight excluding hydrogens is 618 g/mol. The number of fused-ring (bicyclic) bond motifs is 1. The summed E-state index contributed by atoms with van der Waals surface area (Å²) in [6.45, 7) is 2.09. The molecule has 0 unspecified atom stereocenters. The molecule has 0 bridgehead atoms. The number of nitrogens with one attached hydrogen (secondary N) is 2. The molecule has 0 fully saturated rings. The Labute approximate surface area is 268 Å². The fourth-order valence-electron chi connectivity index (χ4n) is 5.86. The topological polar surface area (TPSA) is 126 Å². The van der Waals surface area contributed by atoms with Crippen molar-refractivity contribution in [1.82, 2.24) is 25.3 Å². The van der Waals surface area contributed by atoms with Gasteiger partial charge in [0.05, 0.1) is 23.0 Å². The number of halogens is 4. The molecule has 4 amide bonds. The van der Waals surface area contributed by atoms with Crippen LogP contribution in [-0.2, 0) is 11.0 Å². The van der Waals surface area contributed by atoms with Gasteiger partial charge in [-0.1, -0.05) is 36.4 Å². The molecule has 246 valence electrons. The maximum Gasteiger partial charge on any atom is 0.416 e. The van der Waals surface area contributed by atoms with E-state index in [2.05, 4.69) is 10.6 Å². The molecule has 1 aliphatic rings. The van der Waals surface area contributed by atoms with E-state index in [1.165, 1.54) is 35.2 Å². The average molecular weight is 652 g/mol. The minimum atomic E-state index is -4.70. The zero-order valence-corrected chi connectivity index (χ0v) is 25.8. The maximum absolute atomic E-state index is 14.4. The highest BCUT2D eigenvalue weighted by molar-refractivity contribution is 6.05. The number of rotatable bonds is 9. The number of carbonyl (C=O) groups is 3. The van der Waals surface area contributed by atoms with Gasteiger partial charge in [0.15, 0.2) is 0 Å². The maximum atomic E-state index is 14.4. The molecule has 0 saturated heterocycles. The lowest BCUT2D eigenvalue weighted by atomic mass is 9.80. The van der Waals surface area contributed by atoms with Crippen LogP contribution < -0.4 is 21.3 Å². The van der Waals surface area contributed by atoms with Crippen molar-refractivity contribution in [3.05, 3.63) is 113 Å². The molecule has 1 aromatic heterocycles. The van der Waals surface area contributed by atoms with Gasteiger partial charge in [-0.3, -0.25) is 14.5 Å². The van der Waals surface area contributed by atoms with Gasteiger partial charge in [0.25, 0.3) is 11.8 Å². The third-order valence-corrected chi connectivity index (χ3v) is 7.84. The van der Waals surface area contributed by atoms with Crippen LogP contribution in [-0.4, -0.2) is 65.8 Å². The number of aromatic nitrogens is 2. The van der Waals surface area contributed by atoms with Gasteiger partial charge in [-0.05, 0) is 69.0 Å². The van der Waals surface area contributed by atoms with Gasteiger partial charge >= 0.3 is 12.2 Å². The van der Waals surface area contributed by atoms with Crippen molar-refractivity contribution in [1.29, 1.82) is 0 Å². The van der Waals surface area contributed by atoms with Crippen LogP contribution in [0.3, 0.4) is 0 Å². The molecule has 14 heteroatoms. The van der Waals surface area contributed by atoms with Gasteiger partial charge in [-0.25, -0.2) is 13.9 Å². The average Bonchev–Trinajstić information content (AvgIpc) is 3.41. The van der Waals surface area contributed by atoms with Crippen LogP contribution in [0.2, 0.25) is 0 Å². The van der Waals surface area contributed by atoms with Crippen LogP contribution in [0.15, 0.2) is 78.9 Å². The van der Waals surface area contributed by atoms with Gasteiger partial charge in [0.2, 0.25) is 0 Å². The lowest BCUT2D eigenvalue weighted by Gasteiger charge is -2.39. The van der Waals surface area contributed by atoms with Gasteiger partial charge < -0.3 is 21.3 Å². The molecule has 0 saturated carbocycles. The summed E-state index contributed by atoms with van der Waals surface area (Å²) < 4.78 is 56.3. The van der Waals surface area contributed by atoms with Crippen molar-refractivity contribution >= 4 is 23.7 Å². The number of nitrogens with zero attached hydrogens (tertiary/aromatic N) is 4. The number of urea groups is 1. The highest BCUT2D eigenvalue weighted by atomic mass is 19.4. The van der Waals surface area contributed by atoms with E-state index in [1.54, 1.807) is 54.9 Å². The molecule has 0 aliphatic carbocycles. The lowest BCUT2D eigenvalue weighted by Crippen LogP contribution is -2.55. The molecule has 10 nitrogen and oxygen atoms in total. The Morgan fingerprint density at radius 3 is 2.30 bits per heavy atom. The quantitative estimate of drug-likeness (QED) is 0.228. The molecule has 1 aliphatic heterocycles. The Hall–Kier alpha value is -5.24. The number of carbonyl (C=O) groups excluding carboxylic acids is 3. The summed E-state index contributed by atoms with van der Waals surface area (Å²) in [6, 6.07) is 15.2. The minimum absolute atomic E-state index is 0.122. The number of likely N-dealkylation sites (N-methyl/N-ethyl adjacent to an activating group) is 2. The zero-order valence-electron chi connectivity index (χ0n) is 25.8. The minimum Gasteiger partial charge on any atom is -0.352 e. The van der Waals surface area contributed by atoms with E-state index in [4.69, 9.17) is 10.8 Å². The summed E-state index contributed by atoms with van der Waals surface area (Å²) in [5.41, 5.74) is 6.04. The summed E-state index contributed by atoms with van der Waals surface area (Å²) in [5, 5.41) is 10.3. The predicted molar refractivity (Wildman–Crippen MR) is 167 cm³/mol. The molecule has 0 radical (unpaired) electrons. The first kappa shape index (κ1) is 33.1. The molecule has 47 heavy (non-hydrogen) atoms. The third kappa shape index (κ3) is 6.82. The van der Waals surface area contributed by atoms with Crippen molar-refractivity contribution in [2.75, 3.05) is 32.1 Å². The van der Waals surface area contributed by atoms with Crippen LogP contribution in [0.1, 0.15) is 51.6 Å². The largest absolute Gasteiger partial charge is 0.416 e. The van der Waals surface area contributed by atoms with Gasteiger partial charge in [-0.15, -0.1) is 0 Å². The number of benzene rings is 3. The van der Waals surface area contributed by atoms with Gasteiger partial charge in [0, 0.05) is 30.1 Å². The second-order valence-electron chi connectivity index (χ2n) is 11.3. The van der Waals surface area contributed by atoms with E-state index in [0.717, 1.165) is 12.1 Å². The van der Waals surface area contributed by atoms with E-state index in [1.807, 2.05) is 6.07 Å². The van der Waals surface area contributed by atoms with E-state index < -0.39 is 53.4 Å². The Balaban J connectivity index is 1.76. The van der Waals surface area contributed by atoms with Crippen LogP contribution in [0.5, 0.6) is 0 Å². The van der Waals surface area contributed by atoms with E-state index in [0.29, 0.717) is 34.4 Å². The standard InChI is InChI=1S/C33H33F4N7O3/c1-4-43-30-26(27(24(18-42(2)3)39-32(38)47)41-44(30)23-11-6-5-7-12-23)25(19-13-15-22(34)16-14-19)28(31(43)46)40-29(45)20-9-8-10-21(17-20)33(35,36)37/h5-17,24-25,28H,4,18H2,1-3H3,(H,40,45)(H3,38,39,47)/t24-,25+,28+/m1/s1. The molecule has 3 aromatic carbocycles. The van der Waals surface area contributed by atoms with Gasteiger partial charge in [-0.2, -0.15) is 18.3 Å². The number of amides is 4. The van der Waals surface area contributed by atoms with Crippen LogP contribution in [0, 0.1) is 5.82 Å². The summed E-state index contributed by atoms with van der Waals surface area (Å²) in [7, 11) is 3.57. The normalized spacial score (nSPS) is 16.9. The van der Waals surface area contributed by atoms with E-state index in [-0.39, 0.29) is 18.7 Å². The van der Waals surface area contributed by atoms with E-state index in [9.17, 15) is 31.9 Å². The third-order valence-electron chi connectivity index (χ3n) is 7.84. The summed E-state index contributed by atoms with van der Waals surface area (Å²) in [4.78, 5) is 43.5. The van der Waals surface area contributed by atoms with Gasteiger partial charge in [0.1, 0.15) is 17.7 Å². The van der Waals surface area contributed by atoms with Crippen LogP contribution >= 0.6 is 0 Å². The SMILES string of the molecule is CCN1C(=O)[C@@H](NC(=O)c2cccc(C(F)(F)F)c2)[C@@H](c2ccc(F)cc2)c2c([C@@H](CN(C)C)NC(N)=O)nn(-c3ccccc3)c21. The summed E-state index contributed by atoms with van der Waals surface area (Å²) >= 11 is 0. The molecule has 3 atom stereocenters. The zero-order chi connectivity index (χ0) is 34.0. The number of alkyl halides is 3. The Morgan fingerprint density at radius 1 is 1.02 bits per heavy atom. The fourth-order valence-corrected chi connectivity index (χ4v) is 5.86. The van der Waals surface area contributed by atoms with Crippen LogP contribution in [0.4, 0.5) is 28.2 Å². The fraction of sp³-hybridized carbons (Fsp3) is 0.273. The van der Waals surface area contributed by atoms with Crippen LogP contribution in [0.25, 0.3) is 5.69 Å². The number of anilines is 1. The molecule has 4 N–H and O–H groups in total. The first-order valence-electron chi connectivity index (χ1n) is 14.7. The molecule has 0 spiro atoms. The highest BCUT2D eigenvalue weighted by Crippen LogP contribution is 2.45. The number of hydrogen-bond acceptors (Lipinski definition) is 5. The number of primary amides is 1. The van der Waals surface area contributed by atoms with Crippen molar-refractivity contribution in [3.8, 4) is 5.69 Å². The number of para-hydroxylation sites is 1. The summed E-state index contributed by atoms with van der Waals surface area (Å²) in [6.07, 6.45) is -4.70. The summed E-state index contributed by atoms with van der Waals surface area (Å²) in [5.74, 6) is -2.68. The van der Waals surface area contributed by atoms with E-state index >= 15 is 0 Å². The van der Waals surface area contributed by atoms with Crippen molar-refractivity contribution in [2.24, 2.45) is 5.73 Å². The second-order valence-corrected chi connectivity index (χ2v) is 11.3. The second kappa shape index (κ2) is 13.2.